The molecule has 1 N–H and O–H groups in total. The number of carbonyl (C=O) groups is 1. The predicted molar refractivity (Wildman–Crippen MR) is 84.0 cm³/mol. The highest BCUT2D eigenvalue weighted by Gasteiger charge is 2.15. The lowest BCUT2D eigenvalue weighted by Crippen LogP contribution is -2.36. The number of hydrogen-bond acceptors (Lipinski definition) is 2. The number of hydrogen-bond donors (Lipinski definition) is 1. The Bertz CT molecular complexity index is 399. The van der Waals surface area contributed by atoms with E-state index in [4.69, 9.17) is 0 Å². The van der Waals surface area contributed by atoms with E-state index in [0.717, 1.165) is 18.8 Å². The van der Waals surface area contributed by atoms with Gasteiger partial charge in [0.2, 0.25) is 5.91 Å². The highest BCUT2D eigenvalue weighted by atomic mass is 16.2. The first-order chi connectivity index (χ1) is 9.81. The molecule has 0 unspecified atom stereocenters. The van der Waals surface area contributed by atoms with Crippen LogP contribution in [-0.2, 0) is 4.79 Å². The minimum absolute atomic E-state index is 0.210. The molecule has 0 heterocycles. The summed E-state index contributed by atoms with van der Waals surface area (Å²) in [5.41, 5.74) is 0.998. The lowest BCUT2D eigenvalue weighted by atomic mass is 9.95. The monoisotopic (exact) mass is 274 g/mol. The topological polar surface area (TPSA) is 32.3 Å². The van der Waals surface area contributed by atoms with Gasteiger partial charge in [-0.1, -0.05) is 37.5 Å². The molecule has 1 aromatic carbocycles. The van der Waals surface area contributed by atoms with Crippen LogP contribution in [0.4, 0.5) is 5.69 Å². The molecule has 0 aliphatic heterocycles. The SMILES string of the molecule is CCN(C(=O)CCNC1CCCCC1)c1ccccc1. The van der Waals surface area contributed by atoms with Crippen LogP contribution in [0.25, 0.3) is 0 Å². The standard InChI is InChI=1S/C17H26N2O/c1-2-19(16-11-7-4-8-12-16)17(20)13-14-18-15-9-5-3-6-10-15/h4,7-8,11-12,15,18H,2-3,5-6,9-10,13-14H2,1H3. The van der Waals surface area contributed by atoms with Gasteiger partial charge in [0.15, 0.2) is 0 Å². The maximum atomic E-state index is 12.3. The Kier molecular flexibility index (Phi) is 6.06. The van der Waals surface area contributed by atoms with Gasteiger partial charge >= 0.3 is 0 Å². The van der Waals surface area contributed by atoms with Crippen molar-refractivity contribution in [3.8, 4) is 0 Å². The summed E-state index contributed by atoms with van der Waals surface area (Å²) in [6.07, 6.45) is 7.15. The van der Waals surface area contributed by atoms with Gasteiger partial charge in [-0.05, 0) is 31.9 Å². The van der Waals surface area contributed by atoms with Gasteiger partial charge in [-0.3, -0.25) is 4.79 Å². The molecule has 2 rings (SSSR count). The first-order valence-corrected chi connectivity index (χ1v) is 7.90. The fourth-order valence-electron chi connectivity index (χ4n) is 2.94. The maximum Gasteiger partial charge on any atom is 0.228 e. The van der Waals surface area contributed by atoms with Gasteiger partial charge in [0, 0.05) is 31.2 Å². The first-order valence-electron chi connectivity index (χ1n) is 7.90. The Morgan fingerprint density at radius 1 is 1.20 bits per heavy atom. The molecule has 0 radical (unpaired) electrons. The molecule has 1 aromatic rings. The van der Waals surface area contributed by atoms with Crippen molar-refractivity contribution in [1.29, 1.82) is 0 Å². The van der Waals surface area contributed by atoms with Crippen molar-refractivity contribution in [2.75, 3.05) is 18.0 Å². The van der Waals surface area contributed by atoms with Crippen LogP contribution in [0.1, 0.15) is 45.4 Å². The van der Waals surface area contributed by atoms with Crippen LogP contribution in [0.5, 0.6) is 0 Å². The van der Waals surface area contributed by atoms with Crippen molar-refractivity contribution in [2.24, 2.45) is 0 Å². The summed E-state index contributed by atoms with van der Waals surface area (Å²) < 4.78 is 0. The molecule has 20 heavy (non-hydrogen) atoms. The number of rotatable bonds is 6. The number of amides is 1. The molecule has 3 heteroatoms. The van der Waals surface area contributed by atoms with Crippen LogP contribution in [-0.4, -0.2) is 25.0 Å². The van der Waals surface area contributed by atoms with Crippen LogP contribution in [0.2, 0.25) is 0 Å². The third-order valence-electron chi connectivity index (χ3n) is 4.06. The predicted octanol–water partition coefficient (Wildman–Crippen LogP) is 3.35. The summed E-state index contributed by atoms with van der Waals surface area (Å²) in [5, 5.41) is 3.54. The molecule has 1 aliphatic rings. The molecule has 1 saturated carbocycles. The van der Waals surface area contributed by atoms with Crippen molar-refractivity contribution in [3.05, 3.63) is 30.3 Å². The molecule has 0 saturated heterocycles. The Labute approximate surface area is 122 Å². The summed E-state index contributed by atoms with van der Waals surface area (Å²) >= 11 is 0. The molecule has 1 fully saturated rings. The average Bonchev–Trinajstić information content (AvgIpc) is 2.50. The van der Waals surface area contributed by atoms with Crippen molar-refractivity contribution in [2.45, 2.75) is 51.5 Å². The summed E-state index contributed by atoms with van der Waals surface area (Å²) in [5.74, 6) is 0.210. The highest BCUT2D eigenvalue weighted by Crippen LogP contribution is 2.17. The van der Waals surface area contributed by atoms with E-state index < -0.39 is 0 Å². The molecule has 1 amide bonds. The molecule has 0 bridgehead atoms. The van der Waals surface area contributed by atoms with Gasteiger partial charge < -0.3 is 10.2 Å². The molecular weight excluding hydrogens is 248 g/mol. The summed E-state index contributed by atoms with van der Waals surface area (Å²) in [4.78, 5) is 14.2. The molecule has 3 nitrogen and oxygen atoms in total. The fraction of sp³-hybridized carbons (Fsp3) is 0.588. The van der Waals surface area contributed by atoms with Gasteiger partial charge in [0.25, 0.3) is 0 Å². The third kappa shape index (κ3) is 4.34. The molecule has 0 aromatic heterocycles. The second-order valence-electron chi connectivity index (χ2n) is 5.51. The zero-order chi connectivity index (χ0) is 14.2. The second-order valence-corrected chi connectivity index (χ2v) is 5.51. The Hall–Kier alpha value is -1.35. The number of nitrogens with one attached hydrogen (secondary N) is 1. The van der Waals surface area contributed by atoms with Crippen molar-refractivity contribution in [1.82, 2.24) is 5.32 Å². The van der Waals surface area contributed by atoms with Crippen LogP contribution >= 0.6 is 0 Å². The van der Waals surface area contributed by atoms with Crippen LogP contribution < -0.4 is 10.2 Å². The van der Waals surface area contributed by atoms with Crippen molar-refractivity contribution >= 4 is 11.6 Å². The van der Waals surface area contributed by atoms with E-state index in [1.165, 1.54) is 32.1 Å². The molecule has 1 aliphatic carbocycles. The van der Waals surface area contributed by atoms with E-state index >= 15 is 0 Å². The third-order valence-corrected chi connectivity index (χ3v) is 4.06. The largest absolute Gasteiger partial charge is 0.313 e. The molecule has 0 atom stereocenters. The smallest absolute Gasteiger partial charge is 0.228 e. The van der Waals surface area contributed by atoms with Gasteiger partial charge in [0.1, 0.15) is 0 Å². The van der Waals surface area contributed by atoms with Gasteiger partial charge in [-0.25, -0.2) is 0 Å². The van der Waals surface area contributed by atoms with E-state index in [2.05, 4.69) is 5.32 Å². The summed E-state index contributed by atoms with van der Waals surface area (Å²) in [6.45, 7) is 3.55. The van der Waals surface area contributed by atoms with E-state index in [-0.39, 0.29) is 5.91 Å². The molecular formula is C17H26N2O. The van der Waals surface area contributed by atoms with Crippen LogP contribution in [0.15, 0.2) is 30.3 Å². The maximum absolute atomic E-state index is 12.3. The highest BCUT2D eigenvalue weighted by molar-refractivity contribution is 5.93. The fourth-order valence-corrected chi connectivity index (χ4v) is 2.94. The molecule has 0 spiro atoms. The summed E-state index contributed by atoms with van der Waals surface area (Å²) in [6, 6.07) is 10.6. The number of anilines is 1. The Morgan fingerprint density at radius 2 is 1.90 bits per heavy atom. The minimum atomic E-state index is 0.210. The zero-order valence-corrected chi connectivity index (χ0v) is 12.5. The molecule has 110 valence electrons. The van der Waals surface area contributed by atoms with E-state index in [1.807, 2.05) is 42.2 Å². The van der Waals surface area contributed by atoms with Crippen molar-refractivity contribution < 1.29 is 4.79 Å². The zero-order valence-electron chi connectivity index (χ0n) is 12.5. The van der Waals surface area contributed by atoms with E-state index in [9.17, 15) is 4.79 Å². The van der Waals surface area contributed by atoms with Crippen LogP contribution in [0, 0.1) is 0 Å². The number of carbonyl (C=O) groups excluding carboxylic acids is 1. The first kappa shape index (κ1) is 15.0. The lowest BCUT2D eigenvalue weighted by Gasteiger charge is -2.24. The average molecular weight is 274 g/mol. The number of para-hydroxylation sites is 1. The number of benzene rings is 1. The quantitative estimate of drug-likeness (QED) is 0.862. The second kappa shape index (κ2) is 8.05. The Morgan fingerprint density at radius 3 is 2.55 bits per heavy atom. The van der Waals surface area contributed by atoms with Gasteiger partial charge in [-0.2, -0.15) is 0 Å². The van der Waals surface area contributed by atoms with E-state index in [1.54, 1.807) is 0 Å². The Balaban J connectivity index is 1.78. The number of nitrogens with zero attached hydrogens (tertiary/aromatic N) is 1. The van der Waals surface area contributed by atoms with Gasteiger partial charge in [0.05, 0.1) is 0 Å². The van der Waals surface area contributed by atoms with Crippen molar-refractivity contribution in [3.63, 3.8) is 0 Å². The summed E-state index contributed by atoms with van der Waals surface area (Å²) in [7, 11) is 0. The van der Waals surface area contributed by atoms with Gasteiger partial charge in [-0.15, -0.1) is 0 Å². The van der Waals surface area contributed by atoms with Crippen LogP contribution in [0.3, 0.4) is 0 Å². The lowest BCUT2D eigenvalue weighted by molar-refractivity contribution is -0.118. The van der Waals surface area contributed by atoms with E-state index in [0.29, 0.717) is 12.5 Å². The minimum Gasteiger partial charge on any atom is -0.313 e. The normalized spacial score (nSPS) is 16.1.